The minimum Gasteiger partial charge on any atom is -1.00 e. The molecule has 0 aromatic carbocycles. The zero-order valence-electron chi connectivity index (χ0n) is 8.45. The number of carbonyl (C=O) groups is 1. The van der Waals surface area contributed by atoms with Gasteiger partial charge in [0.25, 0.3) is 0 Å². The van der Waals surface area contributed by atoms with E-state index in [1.807, 2.05) is 0 Å². The van der Waals surface area contributed by atoms with Crippen LogP contribution in [0.1, 0.15) is 0 Å². The SMILES string of the molecule is C[N+](C)(C)CCO.O=C([O-])O.[Cl-].[Na+]. The number of hydrogen-bond acceptors (Lipinski definition) is 3. The van der Waals surface area contributed by atoms with Crippen LogP contribution >= 0.6 is 0 Å². The molecule has 5 nitrogen and oxygen atoms in total. The van der Waals surface area contributed by atoms with Gasteiger partial charge in [-0.15, -0.1) is 0 Å². The zero-order valence-corrected chi connectivity index (χ0v) is 11.2. The molecule has 0 heterocycles. The standard InChI is InChI=1S/C5H14NO.CH2O3.ClH.Na/c1-6(2,3)4-5-7;2-1(3)4;;/h7H,4-5H2,1-3H3;(H2,2,3,4);1H;/q+1;;;+1/p-2. The van der Waals surface area contributed by atoms with E-state index < -0.39 is 6.16 Å². The van der Waals surface area contributed by atoms with Crippen molar-refractivity contribution in [1.29, 1.82) is 0 Å². The average molecular weight is 224 g/mol. The summed E-state index contributed by atoms with van der Waals surface area (Å²) in [5, 5.41) is 23.7. The summed E-state index contributed by atoms with van der Waals surface area (Å²) < 4.78 is 0.844. The normalized spacial score (nSPS) is 8.31. The summed E-state index contributed by atoms with van der Waals surface area (Å²) >= 11 is 0. The Balaban J connectivity index is -0.0000000600. The molecular weight excluding hydrogens is 209 g/mol. The second-order valence-corrected chi connectivity index (χ2v) is 3.00. The molecule has 0 fully saturated rings. The first-order chi connectivity index (χ1) is 4.79. The Kier molecular flexibility index (Phi) is 22.4. The van der Waals surface area contributed by atoms with Crippen molar-refractivity contribution in [1.82, 2.24) is 0 Å². The van der Waals surface area contributed by atoms with Crippen molar-refractivity contribution < 1.29 is 66.6 Å². The van der Waals surface area contributed by atoms with Crippen LogP contribution in [-0.4, -0.2) is 55.1 Å². The van der Waals surface area contributed by atoms with Gasteiger partial charge in [0.2, 0.25) is 6.16 Å². The molecule has 76 valence electrons. The minimum absolute atomic E-state index is 0. The second kappa shape index (κ2) is 12.5. The molecule has 0 rings (SSSR count). The summed E-state index contributed by atoms with van der Waals surface area (Å²) in [4.78, 5) is 8.44. The van der Waals surface area contributed by atoms with Gasteiger partial charge in [-0.3, -0.25) is 0 Å². The smallest absolute Gasteiger partial charge is 1.00 e. The second-order valence-electron chi connectivity index (χ2n) is 3.00. The van der Waals surface area contributed by atoms with Gasteiger partial charge in [-0.2, -0.15) is 0 Å². The monoisotopic (exact) mass is 223 g/mol. The Morgan fingerprint density at radius 1 is 1.38 bits per heavy atom. The Bertz CT molecular complexity index is 114. The Labute approximate surface area is 107 Å². The van der Waals surface area contributed by atoms with Crippen molar-refractivity contribution in [2.45, 2.75) is 0 Å². The van der Waals surface area contributed by atoms with Crippen molar-refractivity contribution in [3.63, 3.8) is 0 Å². The number of rotatable bonds is 2. The Hall–Kier alpha value is 0.480. The summed E-state index contributed by atoms with van der Waals surface area (Å²) in [6.45, 7) is 1.11. The van der Waals surface area contributed by atoms with Crippen LogP contribution in [0.25, 0.3) is 0 Å². The van der Waals surface area contributed by atoms with Crippen molar-refractivity contribution in [2.24, 2.45) is 0 Å². The van der Waals surface area contributed by atoms with E-state index in [2.05, 4.69) is 21.1 Å². The first kappa shape index (κ1) is 23.4. The van der Waals surface area contributed by atoms with Crippen LogP contribution in [-0.2, 0) is 0 Å². The van der Waals surface area contributed by atoms with Gasteiger partial charge in [-0.05, 0) is 0 Å². The molecule has 0 amide bonds. The van der Waals surface area contributed by atoms with Gasteiger partial charge in [0.1, 0.15) is 6.54 Å². The van der Waals surface area contributed by atoms with E-state index in [1.54, 1.807) is 0 Å². The zero-order chi connectivity index (χ0) is 9.49. The molecule has 0 saturated heterocycles. The number of aliphatic hydroxyl groups is 1. The van der Waals surface area contributed by atoms with E-state index in [0.717, 1.165) is 11.0 Å². The van der Waals surface area contributed by atoms with Crippen LogP contribution in [0, 0.1) is 0 Å². The van der Waals surface area contributed by atoms with E-state index >= 15 is 0 Å². The van der Waals surface area contributed by atoms with Crippen molar-refractivity contribution in [2.75, 3.05) is 34.3 Å². The molecule has 0 radical (unpaired) electrons. The molecule has 13 heavy (non-hydrogen) atoms. The summed E-state index contributed by atoms with van der Waals surface area (Å²) in [5.74, 6) is 0. The van der Waals surface area contributed by atoms with Gasteiger partial charge in [0.15, 0.2) is 0 Å². The summed E-state index contributed by atoms with van der Waals surface area (Å²) in [6.07, 6.45) is -2.08. The molecule has 0 saturated carbocycles. The minimum atomic E-state index is -2.08. The molecule has 0 atom stereocenters. The van der Waals surface area contributed by atoms with Gasteiger partial charge < -0.3 is 37.0 Å². The number of quaternary nitrogens is 1. The van der Waals surface area contributed by atoms with Crippen molar-refractivity contribution in [3.05, 3.63) is 0 Å². The predicted molar refractivity (Wildman–Crippen MR) is 38.0 cm³/mol. The summed E-state index contributed by atoms with van der Waals surface area (Å²) in [5.41, 5.74) is 0. The van der Waals surface area contributed by atoms with Gasteiger partial charge in [-0.1, -0.05) is 0 Å². The van der Waals surface area contributed by atoms with Crippen LogP contribution in [0.2, 0.25) is 0 Å². The molecular formula is C6H15ClNNaO4. The van der Waals surface area contributed by atoms with Crippen LogP contribution in [0.4, 0.5) is 4.79 Å². The van der Waals surface area contributed by atoms with E-state index in [-0.39, 0.29) is 48.6 Å². The molecule has 0 unspecified atom stereocenters. The maximum absolute atomic E-state index is 8.44. The third-order valence-electron chi connectivity index (χ3n) is 0.771. The quantitative estimate of drug-likeness (QED) is 0.360. The summed E-state index contributed by atoms with van der Waals surface area (Å²) in [7, 11) is 6.16. The maximum atomic E-state index is 8.44. The molecule has 2 N–H and O–H groups in total. The Morgan fingerprint density at radius 2 is 1.62 bits per heavy atom. The van der Waals surface area contributed by atoms with Crippen molar-refractivity contribution in [3.8, 4) is 0 Å². The first-order valence-corrected chi connectivity index (χ1v) is 3.11. The molecule has 0 aromatic rings. The molecule has 0 aliphatic rings. The van der Waals surface area contributed by atoms with Crippen LogP contribution in [0.5, 0.6) is 0 Å². The van der Waals surface area contributed by atoms with E-state index in [0.29, 0.717) is 0 Å². The predicted octanol–water partition coefficient (Wildman–Crippen LogP) is -7.42. The van der Waals surface area contributed by atoms with Crippen LogP contribution < -0.4 is 47.1 Å². The van der Waals surface area contributed by atoms with Crippen LogP contribution in [0.3, 0.4) is 0 Å². The number of aliphatic hydroxyl groups excluding tert-OH is 1. The number of carboxylic acid groups (broad SMARTS) is 2. The summed E-state index contributed by atoms with van der Waals surface area (Å²) in [6, 6.07) is 0. The molecule has 7 heteroatoms. The molecule has 0 spiro atoms. The number of halogens is 1. The third kappa shape index (κ3) is 68.3. The molecule has 0 aliphatic heterocycles. The Morgan fingerprint density at radius 3 is 1.62 bits per heavy atom. The first-order valence-electron chi connectivity index (χ1n) is 3.11. The maximum Gasteiger partial charge on any atom is 1.00 e. The topological polar surface area (TPSA) is 80.6 Å². The van der Waals surface area contributed by atoms with Gasteiger partial charge in [-0.25, -0.2) is 0 Å². The fourth-order valence-corrected chi connectivity index (χ4v) is 0.300. The van der Waals surface area contributed by atoms with Crippen LogP contribution in [0.15, 0.2) is 0 Å². The van der Waals surface area contributed by atoms with E-state index in [4.69, 9.17) is 20.1 Å². The average Bonchev–Trinajstić information content (AvgIpc) is 1.58. The van der Waals surface area contributed by atoms with E-state index in [1.165, 1.54) is 0 Å². The fourth-order valence-electron chi connectivity index (χ4n) is 0.300. The van der Waals surface area contributed by atoms with Crippen molar-refractivity contribution >= 4 is 6.16 Å². The number of hydrogen-bond donors (Lipinski definition) is 2. The van der Waals surface area contributed by atoms with E-state index in [9.17, 15) is 0 Å². The third-order valence-corrected chi connectivity index (χ3v) is 0.771. The number of nitrogens with zero attached hydrogens (tertiary/aromatic N) is 1. The molecule has 0 bridgehead atoms. The largest absolute Gasteiger partial charge is 1.00 e. The molecule has 0 aliphatic carbocycles. The van der Waals surface area contributed by atoms with Gasteiger partial charge >= 0.3 is 29.6 Å². The van der Waals surface area contributed by atoms with Gasteiger partial charge in [0, 0.05) is 0 Å². The molecule has 0 aromatic heterocycles. The van der Waals surface area contributed by atoms with Gasteiger partial charge in [0.05, 0.1) is 27.7 Å². The fraction of sp³-hybridized carbons (Fsp3) is 0.833. The number of likely N-dealkylation sites (N-methyl/N-ethyl adjacent to an activating group) is 1.